The lowest BCUT2D eigenvalue weighted by molar-refractivity contribution is -0.302. The maximum absolute atomic E-state index is 12.7. The van der Waals surface area contributed by atoms with Crippen molar-refractivity contribution in [1.82, 2.24) is 20.3 Å². The minimum Gasteiger partial charge on any atom is -0.479 e. The number of aryl methyl sites for hydroxylation is 1. The maximum atomic E-state index is 12.7. The first-order chi connectivity index (χ1) is 26.5. The predicted molar refractivity (Wildman–Crippen MR) is 188 cm³/mol. The number of carbonyl (C=O) groups is 2. The minimum absolute atomic E-state index is 0.176. The molecule has 20 heteroatoms. The number of aliphatic carboxylic acids is 1. The van der Waals surface area contributed by atoms with Crippen LogP contribution in [-0.4, -0.2) is 194 Å². The molecule has 6 N–H and O–H groups in total. The molecule has 0 saturated carbocycles. The second-order valence-corrected chi connectivity index (χ2v) is 12.9. The van der Waals surface area contributed by atoms with Gasteiger partial charge >= 0.3 is 5.97 Å². The van der Waals surface area contributed by atoms with Crippen LogP contribution in [0.15, 0.2) is 30.5 Å². The van der Waals surface area contributed by atoms with Crippen LogP contribution in [0.25, 0.3) is 11.3 Å². The number of amides is 1. The lowest BCUT2D eigenvalue weighted by Gasteiger charge is -2.44. The topological polar surface area (TPSA) is 261 Å². The number of nitrogens with one attached hydrogen (secondary N) is 1. The molecule has 10 unspecified atom stereocenters. The second kappa shape index (κ2) is 23.1. The van der Waals surface area contributed by atoms with Gasteiger partial charge in [-0.2, -0.15) is 0 Å². The number of hydrogen-bond acceptors (Lipinski definition) is 17. The molecule has 2 aliphatic rings. The van der Waals surface area contributed by atoms with E-state index in [4.69, 9.17) is 42.6 Å². The van der Waals surface area contributed by atoms with Crippen LogP contribution < -0.4 is 5.32 Å². The van der Waals surface area contributed by atoms with Crippen molar-refractivity contribution in [3.63, 3.8) is 0 Å². The third kappa shape index (κ3) is 13.5. The van der Waals surface area contributed by atoms with E-state index in [1.54, 1.807) is 4.68 Å². The second-order valence-electron chi connectivity index (χ2n) is 12.9. The number of aliphatic hydroxyl groups is 4. The Bertz CT molecular complexity index is 1420. The number of nitrogens with zero attached hydrogens (tertiary/aromatic N) is 3. The zero-order valence-electron chi connectivity index (χ0n) is 31.2. The molecule has 55 heavy (non-hydrogen) atoms. The molecule has 10 atom stereocenters. The molecule has 3 heterocycles. The first-order valence-corrected chi connectivity index (χ1v) is 18.0. The SMILES string of the molecule is COC1OC(C(=O)O)C(OCC2OC(CC(=O)NCCOCCOCCOCCOCCn3cc(-c4ccc(C)cc4)nn3)C(OC)C(O)C2O)C(O)C1O. The van der Waals surface area contributed by atoms with Gasteiger partial charge in [0.15, 0.2) is 12.4 Å². The molecule has 0 aliphatic carbocycles. The lowest BCUT2D eigenvalue weighted by Crippen LogP contribution is -2.63. The van der Waals surface area contributed by atoms with Crippen molar-refractivity contribution in [1.29, 1.82) is 0 Å². The van der Waals surface area contributed by atoms with Gasteiger partial charge in [-0.15, -0.1) is 5.10 Å². The van der Waals surface area contributed by atoms with Crippen molar-refractivity contribution >= 4 is 11.9 Å². The van der Waals surface area contributed by atoms with Gasteiger partial charge in [-0.05, 0) is 6.92 Å². The summed E-state index contributed by atoms with van der Waals surface area (Å²) in [4.78, 5) is 24.4. The van der Waals surface area contributed by atoms with Crippen LogP contribution >= 0.6 is 0 Å². The minimum atomic E-state index is -1.72. The van der Waals surface area contributed by atoms with Gasteiger partial charge in [-0.1, -0.05) is 35.0 Å². The normalized spacial score (nSPS) is 28.3. The molecule has 2 fully saturated rings. The lowest BCUT2D eigenvalue weighted by atomic mass is 9.93. The van der Waals surface area contributed by atoms with Crippen LogP contribution in [0.1, 0.15) is 12.0 Å². The van der Waals surface area contributed by atoms with Gasteiger partial charge in [0, 0.05) is 26.3 Å². The fourth-order valence-corrected chi connectivity index (χ4v) is 5.93. The van der Waals surface area contributed by atoms with E-state index in [1.807, 2.05) is 37.4 Å². The molecule has 0 bridgehead atoms. The van der Waals surface area contributed by atoms with Crippen molar-refractivity contribution in [3.05, 3.63) is 36.0 Å². The number of carbonyl (C=O) groups excluding carboxylic acids is 1. The summed E-state index contributed by atoms with van der Waals surface area (Å²) in [5.74, 6) is -1.93. The molecule has 4 rings (SSSR count). The van der Waals surface area contributed by atoms with Gasteiger partial charge in [-0.3, -0.25) is 4.79 Å². The number of ether oxygens (including phenoxy) is 9. The first kappa shape index (κ1) is 44.5. The molecule has 1 aromatic carbocycles. The molecular weight excluding hydrogens is 732 g/mol. The Morgan fingerprint density at radius 3 is 2.02 bits per heavy atom. The highest BCUT2D eigenvalue weighted by Gasteiger charge is 2.50. The standard InChI is InChI=1S/C35H54N4O16/c1-21-4-6-22(7-5-21)23-19-39(38-37-23)9-11-50-13-15-52-17-16-51-14-12-49-10-8-36-26(40)18-24-31(47-2)28(42)27(41)25(54-24)20-53-32-29(43)30(44)35(48-3)55-33(32)34(45)46/h4-7,19,24-25,27-33,35,41-44H,8-18,20H2,1-3H3,(H,36,40)(H,45,46). The number of benzene rings is 1. The average Bonchev–Trinajstić information content (AvgIpc) is 3.64. The summed E-state index contributed by atoms with van der Waals surface area (Å²) in [6.45, 7) is 5.19. The summed E-state index contributed by atoms with van der Waals surface area (Å²) in [6.07, 6.45) is -12.8. The van der Waals surface area contributed by atoms with Crippen molar-refractivity contribution < 1.29 is 77.8 Å². The number of rotatable bonds is 24. The van der Waals surface area contributed by atoms with E-state index in [1.165, 1.54) is 19.8 Å². The number of aliphatic hydroxyl groups excluding tert-OH is 4. The van der Waals surface area contributed by atoms with Crippen molar-refractivity contribution in [3.8, 4) is 11.3 Å². The third-order valence-corrected chi connectivity index (χ3v) is 8.95. The maximum Gasteiger partial charge on any atom is 0.335 e. The number of methoxy groups -OCH3 is 2. The summed E-state index contributed by atoms with van der Waals surface area (Å²) in [6, 6.07) is 8.10. The largest absolute Gasteiger partial charge is 0.479 e. The first-order valence-electron chi connectivity index (χ1n) is 18.0. The zero-order valence-corrected chi connectivity index (χ0v) is 31.2. The monoisotopic (exact) mass is 786 g/mol. The number of hydrogen-bond donors (Lipinski definition) is 6. The van der Waals surface area contributed by atoms with Gasteiger partial charge in [-0.25, -0.2) is 9.48 Å². The molecule has 2 aliphatic heterocycles. The Balaban J connectivity index is 1.02. The molecule has 2 aromatic rings. The van der Waals surface area contributed by atoms with E-state index >= 15 is 0 Å². The van der Waals surface area contributed by atoms with E-state index < -0.39 is 79.7 Å². The summed E-state index contributed by atoms with van der Waals surface area (Å²) in [5, 5.41) is 62.6. The van der Waals surface area contributed by atoms with Crippen LogP contribution in [0.3, 0.4) is 0 Å². The van der Waals surface area contributed by atoms with Crippen molar-refractivity contribution in [2.45, 2.75) is 81.1 Å². The Labute approximate surface area is 318 Å². The van der Waals surface area contributed by atoms with Crippen molar-refractivity contribution in [2.24, 2.45) is 0 Å². The fourth-order valence-electron chi connectivity index (χ4n) is 5.93. The molecule has 310 valence electrons. The molecular formula is C35H54N4O16. The smallest absolute Gasteiger partial charge is 0.335 e. The highest BCUT2D eigenvalue weighted by atomic mass is 16.7. The molecule has 1 aromatic heterocycles. The Morgan fingerprint density at radius 2 is 1.40 bits per heavy atom. The van der Waals surface area contributed by atoms with Crippen LogP contribution in [0.5, 0.6) is 0 Å². The number of carboxylic acid groups (broad SMARTS) is 1. The summed E-state index contributed by atoms with van der Waals surface area (Å²) >= 11 is 0. The quantitative estimate of drug-likeness (QED) is 0.0623. The van der Waals surface area contributed by atoms with Crippen LogP contribution in [-0.2, 0) is 58.8 Å². The highest BCUT2D eigenvalue weighted by Crippen LogP contribution is 2.29. The van der Waals surface area contributed by atoms with E-state index in [9.17, 15) is 35.1 Å². The predicted octanol–water partition coefficient (Wildman–Crippen LogP) is -2.11. The van der Waals surface area contributed by atoms with Gasteiger partial charge < -0.3 is 73.5 Å². The van der Waals surface area contributed by atoms with E-state index in [0.717, 1.165) is 11.3 Å². The van der Waals surface area contributed by atoms with Gasteiger partial charge in [0.05, 0.1) is 84.7 Å². The number of carboxylic acids is 1. The van der Waals surface area contributed by atoms with E-state index in [-0.39, 0.29) is 19.6 Å². The summed E-state index contributed by atoms with van der Waals surface area (Å²) < 4.78 is 50.6. The van der Waals surface area contributed by atoms with Gasteiger partial charge in [0.1, 0.15) is 48.4 Å². The third-order valence-electron chi connectivity index (χ3n) is 8.95. The van der Waals surface area contributed by atoms with E-state index in [0.29, 0.717) is 52.8 Å². The Morgan fingerprint density at radius 1 is 0.782 bits per heavy atom. The summed E-state index contributed by atoms with van der Waals surface area (Å²) in [7, 11) is 2.46. The van der Waals surface area contributed by atoms with Crippen LogP contribution in [0, 0.1) is 6.92 Å². The molecule has 0 spiro atoms. The fraction of sp³-hybridized carbons (Fsp3) is 0.714. The molecule has 20 nitrogen and oxygen atoms in total. The van der Waals surface area contributed by atoms with Gasteiger partial charge in [0.2, 0.25) is 5.91 Å². The number of aromatic nitrogens is 3. The Kier molecular flexibility index (Phi) is 18.7. The molecule has 2 saturated heterocycles. The van der Waals surface area contributed by atoms with Crippen LogP contribution in [0.4, 0.5) is 0 Å². The zero-order chi connectivity index (χ0) is 39.7. The highest BCUT2D eigenvalue weighted by molar-refractivity contribution is 5.76. The molecule has 0 radical (unpaired) electrons. The van der Waals surface area contributed by atoms with E-state index in [2.05, 4.69) is 15.6 Å². The molecule has 1 amide bonds. The van der Waals surface area contributed by atoms with Crippen LogP contribution in [0.2, 0.25) is 0 Å². The Hall–Kier alpha value is -3.22. The summed E-state index contributed by atoms with van der Waals surface area (Å²) in [5.41, 5.74) is 3.01. The van der Waals surface area contributed by atoms with Gasteiger partial charge in [0.25, 0.3) is 0 Å². The average molecular weight is 787 g/mol. The van der Waals surface area contributed by atoms with Crippen molar-refractivity contribution in [2.75, 3.05) is 80.2 Å².